The Morgan fingerprint density at radius 1 is 1.44 bits per heavy atom. The van der Waals surface area contributed by atoms with E-state index in [9.17, 15) is 8.42 Å². The molecule has 0 radical (unpaired) electrons. The summed E-state index contributed by atoms with van der Waals surface area (Å²) in [6.07, 6.45) is 8.05. The number of sulfonamides is 1. The van der Waals surface area contributed by atoms with Gasteiger partial charge in [0.1, 0.15) is 4.90 Å². The van der Waals surface area contributed by atoms with Crippen molar-refractivity contribution in [3.8, 4) is 0 Å². The first-order valence-corrected chi connectivity index (χ1v) is 7.84. The summed E-state index contributed by atoms with van der Waals surface area (Å²) in [6, 6.07) is 0.0337. The predicted octanol–water partition coefficient (Wildman–Crippen LogP) is 0.363. The SMILES string of the molecule is O=S(=O)(NC1CCNC2(CCC2)C1)c1cn[nH]c1. The van der Waals surface area contributed by atoms with Crippen LogP contribution in [0, 0.1) is 0 Å². The van der Waals surface area contributed by atoms with Gasteiger partial charge in [-0.25, -0.2) is 13.1 Å². The molecule has 3 rings (SSSR count). The number of aromatic amines is 1. The van der Waals surface area contributed by atoms with Gasteiger partial charge in [0.05, 0.1) is 6.20 Å². The summed E-state index contributed by atoms with van der Waals surface area (Å²) >= 11 is 0. The van der Waals surface area contributed by atoms with E-state index >= 15 is 0 Å². The van der Waals surface area contributed by atoms with Gasteiger partial charge in [0, 0.05) is 17.8 Å². The Morgan fingerprint density at radius 3 is 2.89 bits per heavy atom. The van der Waals surface area contributed by atoms with Crippen molar-refractivity contribution in [2.45, 2.75) is 48.6 Å². The highest BCUT2D eigenvalue weighted by atomic mass is 32.2. The monoisotopic (exact) mass is 270 g/mol. The second-order valence-corrected chi connectivity index (χ2v) is 7.02. The molecule has 0 amide bonds. The van der Waals surface area contributed by atoms with Crippen LogP contribution < -0.4 is 10.0 Å². The summed E-state index contributed by atoms with van der Waals surface area (Å²) < 4.78 is 27.0. The lowest BCUT2D eigenvalue weighted by Gasteiger charge is -2.48. The normalized spacial score (nSPS) is 27.0. The van der Waals surface area contributed by atoms with Crippen molar-refractivity contribution >= 4 is 10.0 Å². The molecule has 1 atom stereocenters. The maximum atomic E-state index is 12.1. The van der Waals surface area contributed by atoms with Crippen molar-refractivity contribution in [1.29, 1.82) is 0 Å². The Hall–Kier alpha value is -0.920. The van der Waals surface area contributed by atoms with E-state index in [2.05, 4.69) is 20.2 Å². The van der Waals surface area contributed by atoms with Gasteiger partial charge in [-0.05, 0) is 38.6 Å². The van der Waals surface area contributed by atoms with E-state index < -0.39 is 10.0 Å². The van der Waals surface area contributed by atoms with Crippen LogP contribution in [0.25, 0.3) is 0 Å². The average Bonchev–Trinajstić information content (AvgIpc) is 2.80. The second-order valence-electron chi connectivity index (χ2n) is 5.31. The third kappa shape index (κ3) is 2.17. The molecule has 1 saturated heterocycles. The molecule has 7 heteroatoms. The van der Waals surface area contributed by atoms with Crippen LogP contribution in [0.5, 0.6) is 0 Å². The quantitative estimate of drug-likeness (QED) is 0.740. The molecule has 2 fully saturated rings. The van der Waals surface area contributed by atoms with Crippen molar-refractivity contribution in [1.82, 2.24) is 20.2 Å². The van der Waals surface area contributed by atoms with Crippen LogP contribution in [-0.4, -0.2) is 36.7 Å². The molecule has 0 aromatic carbocycles. The predicted molar refractivity (Wildman–Crippen MR) is 66.5 cm³/mol. The van der Waals surface area contributed by atoms with Crippen molar-refractivity contribution in [2.75, 3.05) is 6.54 Å². The van der Waals surface area contributed by atoms with E-state index in [0.29, 0.717) is 0 Å². The van der Waals surface area contributed by atoms with Gasteiger partial charge in [0.25, 0.3) is 0 Å². The van der Waals surface area contributed by atoms with Crippen molar-refractivity contribution in [2.24, 2.45) is 0 Å². The topological polar surface area (TPSA) is 86.9 Å². The molecule has 0 bridgehead atoms. The third-order valence-electron chi connectivity index (χ3n) is 4.05. The fourth-order valence-electron chi connectivity index (χ4n) is 2.92. The highest BCUT2D eigenvalue weighted by Crippen LogP contribution is 2.38. The van der Waals surface area contributed by atoms with Gasteiger partial charge in [0.15, 0.2) is 0 Å². The average molecular weight is 270 g/mol. The van der Waals surface area contributed by atoms with E-state index in [1.165, 1.54) is 18.8 Å². The molecular weight excluding hydrogens is 252 g/mol. The standard InChI is InChI=1S/C11H18N4O2S/c16-18(17,10-7-13-14-8-10)15-9-2-5-12-11(6-9)3-1-4-11/h7-9,12,15H,1-6H2,(H,13,14). The lowest BCUT2D eigenvalue weighted by molar-refractivity contribution is 0.126. The molecule has 2 aliphatic rings. The molecule has 1 aliphatic heterocycles. The van der Waals surface area contributed by atoms with E-state index in [1.807, 2.05) is 0 Å². The first-order valence-electron chi connectivity index (χ1n) is 6.36. The smallest absolute Gasteiger partial charge is 0.243 e. The van der Waals surface area contributed by atoms with Gasteiger partial charge in [-0.15, -0.1) is 0 Å². The highest BCUT2D eigenvalue weighted by Gasteiger charge is 2.41. The second kappa shape index (κ2) is 4.32. The zero-order valence-corrected chi connectivity index (χ0v) is 11.0. The molecule has 1 unspecified atom stereocenters. The van der Waals surface area contributed by atoms with Gasteiger partial charge < -0.3 is 5.32 Å². The van der Waals surface area contributed by atoms with Crippen LogP contribution in [0.15, 0.2) is 17.3 Å². The minimum Gasteiger partial charge on any atom is -0.311 e. The lowest BCUT2D eigenvalue weighted by atomic mass is 9.70. The molecule has 6 nitrogen and oxygen atoms in total. The fraction of sp³-hybridized carbons (Fsp3) is 0.727. The number of H-pyrrole nitrogens is 1. The zero-order valence-electron chi connectivity index (χ0n) is 10.1. The Kier molecular flexibility index (Phi) is 2.91. The number of aromatic nitrogens is 2. The number of piperidine rings is 1. The van der Waals surface area contributed by atoms with Gasteiger partial charge >= 0.3 is 0 Å². The molecule has 3 N–H and O–H groups in total. The minimum atomic E-state index is -3.42. The summed E-state index contributed by atoms with van der Waals surface area (Å²) in [5.74, 6) is 0. The van der Waals surface area contributed by atoms with Gasteiger partial charge in [0.2, 0.25) is 10.0 Å². The van der Waals surface area contributed by atoms with E-state index in [0.717, 1.165) is 32.2 Å². The summed E-state index contributed by atoms with van der Waals surface area (Å²) in [4.78, 5) is 0.212. The van der Waals surface area contributed by atoms with Crippen LogP contribution in [0.4, 0.5) is 0 Å². The molecular formula is C11H18N4O2S. The number of hydrogen-bond acceptors (Lipinski definition) is 4. The van der Waals surface area contributed by atoms with Gasteiger partial charge in [-0.3, -0.25) is 5.10 Å². The van der Waals surface area contributed by atoms with Crippen LogP contribution >= 0.6 is 0 Å². The molecule has 1 aliphatic carbocycles. The van der Waals surface area contributed by atoms with E-state index in [4.69, 9.17) is 0 Å². The molecule has 1 spiro atoms. The molecule has 1 aromatic heterocycles. The van der Waals surface area contributed by atoms with Crippen molar-refractivity contribution in [3.63, 3.8) is 0 Å². The first-order chi connectivity index (χ1) is 8.60. The summed E-state index contributed by atoms with van der Waals surface area (Å²) in [5, 5.41) is 9.74. The van der Waals surface area contributed by atoms with E-state index in [1.54, 1.807) is 0 Å². The number of nitrogens with zero attached hydrogens (tertiary/aromatic N) is 1. The lowest BCUT2D eigenvalue weighted by Crippen LogP contribution is -2.59. The maximum absolute atomic E-state index is 12.1. The van der Waals surface area contributed by atoms with Crippen LogP contribution in [-0.2, 0) is 10.0 Å². The summed E-state index contributed by atoms with van der Waals surface area (Å²) in [6.45, 7) is 0.887. The summed E-state index contributed by atoms with van der Waals surface area (Å²) in [7, 11) is -3.42. The molecule has 1 aromatic rings. The molecule has 100 valence electrons. The third-order valence-corrected chi connectivity index (χ3v) is 5.53. The Labute approximate surface area is 107 Å². The van der Waals surface area contributed by atoms with Gasteiger partial charge in [-0.2, -0.15) is 5.10 Å². The number of nitrogens with one attached hydrogen (secondary N) is 3. The molecule has 1 saturated carbocycles. The molecule has 2 heterocycles. The van der Waals surface area contributed by atoms with E-state index in [-0.39, 0.29) is 16.5 Å². The van der Waals surface area contributed by atoms with Crippen molar-refractivity contribution in [3.05, 3.63) is 12.4 Å². The van der Waals surface area contributed by atoms with Crippen LogP contribution in [0.2, 0.25) is 0 Å². The Balaban J connectivity index is 1.69. The fourth-order valence-corrected chi connectivity index (χ4v) is 4.09. The number of rotatable bonds is 3. The highest BCUT2D eigenvalue weighted by molar-refractivity contribution is 7.89. The zero-order chi connectivity index (χ0) is 12.6. The maximum Gasteiger partial charge on any atom is 0.243 e. The summed E-state index contributed by atoms with van der Waals surface area (Å²) in [5.41, 5.74) is 0.196. The minimum absolute atomic E-state index is 0.0337. The first kappa shape index (κ1) is 12.1. The number of hydrogen-bond donors (Lipinski definition) is 3. The largest absolute Gasteiger partial charge is 0.311 e. The van der Waals surface area contributed by atoms with Crippen LogP contribution in [0.1, 0.15) is 32.1 Å². The van der Waals surface area contributed by atoms with Crippen LogP contribution in [0.3, 0.4) is 0 Å². The Bertz CT molecular complexity index is 507. The molecule has 18 heavy (non-hydrogen) atoms. The van der Waals surface area contributed by atoms with Gasteiger partial charge in [-0.1, -0.05) is 0 Å². The van der Waals surface area contributed by atoms with Crippen molar-refractivity contribution < 1.29 is 8.42 Å². The Morgan fingerprint density at radius 2 is 2.28 bits per heavy atom.